The highest BCUT2D eigenvalue weighted by Crippen LogP contribution is 2.13. The van der Waals surface area contributed by atoms with Gasteiger partial charge in [-0.15, -0.1) is 0 Å². The van der Waals surface area contributed by atoms with Crippen molar-refractivity contribution >= 4 is 0 Å². The van der Waals surface area contributed by atoms with Crippen LogP contribution in [-0.4, -0.2) is 29.7 Å². The number of rotatable bonds is 5. The lowest BCUT2D eigenvalue weighted by Crippen LogP contribution is -2.28. The second-order valence-corrected chi connectivity index (χ2v) is 4.67. The molecule has 0 aliphatic heterocycles. The van der Waals surface area contributed by atoms with Gasteiger partial charge in [0, 0.05) is 18.2 Å². The SMILES string of the molecule is CCCC(C)N(C)Cc1ccccc1C#CCO. The molecule has 0 fully saturated rings. The Kier molecular flexibility index (Phi) is 6.49. The average Bonchev–Trinajstić information content (AvgIpc) is 2.38. The molecule has 0 heterocycles. The molecule has 0 aliphatic carbocycles. The molecule has 2 heteroatoms. The summed E-state index contributed by atoms with van der Waals surface area (Å²) in [6.07, 6.45) is 2.42. The predicted molar refractivity (Wildman–Crippen MR) is 76.2 cm³/mol. The van der Waals surface area contributed by atoms with Gasteiger partial charge in [-0.2, -0.15) is 0 Å². The molecule has 98 valence electrons. The zero-order chi connectivity index (χ0) is 13.4. The van der Waals surface area contributed by atoms with E-state index >= 15 is 0 Å². The molecule has 0 bridgehead atoms. The topological polar surface area (TPSA) is 23.5 Å². The minimum absolute atomic E-state index is 0.0869. The fraction of sp³-hybridized carbons (Fsp3) is 0.500. The predicted octanol–water partition coefficient (Wildman–Crippen LogP) is 2.65. The van der Waals surface area contributed by atoms with Crippen LogP contribution in [0, 0.1) is 11.8 Å². The molecule has 2 nitrogen and oxygen atoms in total. The Labute approximate surface area is 111 Å². The van der Waals surface area contributed by atoms with Gasteiger partial charge in [-0.25, -0.2) is 0 Å². The molecule has 1 atom stereocenters. The Bertz CT molecular complexity index is 417. The molecule has 1 unspecified atom stereocenters. The van der Waals surface area contributed by atoms with Crippen molar-refractivity contribution in [3.8, 4) is 11.8 Å². The number of benzene rings is 1. The Balaban J connectivity index is 2.77. The summed E-state index contributed by atoms with van der Waals surface area (Å²) in [5.41, 5.74) is 2.24. The lowest BCUT2D eigenvalue weighted by Gasteiger charge is -2.24. The van der Waals surface area contributed by atoms with Gasteiger partial charge >= 0.3 is 0 Å². The maximum Gasteiger partial charge on any atom is 0.104 e. The number of aliphatic hydroxyl groups is 1. The molecule has 0 saturated heterocycles. The third-order valence-corrected chi connectivity index (χ3v) is 3.20. The molecule has 0 aliphatic rings. The first kappa shape index (κ1) is 14.8. The summed E-state index contributed by atoms with van der Waals surface area (Å²) in [6, 6.07) is 8.72. The molecule has 0 amide bonds. The van der Waals surface area contributed by atoms with Crippen LogP contribution in [0.1, 0.15) is 37.8 Å². The smallest absolute Gasteiger partial charge is 0.104 e. The van der Waals surface area contributed by atoms with Crippen molar-refractivity contribution in [1.82, 2.24) is 4.90 Å². The van der Waals surface area contributed by atoms with E-state index in [2.05, 4.69) is 43.7 Å². The van der Waals surface area contributed by atoms with E-state index in [0.717, 1.165) is 12.1 Å². The van der Waals surface area contributed by atoms with Gasteiger partial charge in [0.25, 0.3) is 0 Å². The number of nitrogens with zero attached hydrogens (tertiary/aromatic N) is 1. The largest absolute Gasteiger partial charge is 0.384 e. The molecule has 1 aromatic carbocycles. The van der Waals surface area contributed by atoms with Gasteiger partial charge in [0.2, 0.25) is 0 Å². The first-order valence-electron chi connectivity index (χ1n) is 6.57. The van der Waals surface area contributed by atoms with E-state index in [1.54, 1.807) is 0 Å². The van der Waals surface area contributed by atoms with Crippen molar-refractivity contribution in [1.29, 1.82) is 0 Å². The van der Waals surface area contributed by atoms with Crippen LogP contribution in [0.25, 0.3) is 0 Å². The fourth-order valence-corrected chi connectivity index (χ4v) is 1.98. The second kappa shape index (κ2) is 7.92. The van der Waals surface area contributed by atoms with Crippen molar-refractivity contribution in [2.45, 2.75) is 39.3 Å². The molecule has 0 radical (unpaired) electrons. The van der Waals surface area contributed by atoms with E-state index in [1.807, 2.05) is 18.2 Å². The van der Waals surface area contributed by atoms with Crippen molar-refractivity contribution in [2.24, 2.45) is 0 Å². The molecule has 1 rings (SSSR count). The summed E-state index contributed by atoms with van der Waals surface area (Å²) in [4.78, 5) is 2.35. The van der Waals surface area contributed by atoms with Crippen LogP contribution in [0.15, 0.2) is 24.3 Å². The van der Waals surface area contributed by atoms with Crippen molar-refractivity contribution in [3.63, 3.8) is 0 Å². The van der Waals surface area contributed by atoms with Gasteiger partial charge < -0.3 is 5.11 Å². The lowest BCUT2D eigenvalue weighted by molar-refractivity contribution is 0.236. The first-order valence-corrected chi connectivity index (χ1v) is 6.57. The standard InChI is InChI=1S/C16H23NO/c1-4-8-14(2)17(3)13-16-10-6-5-9-15(16)11-7-12-18/h5-6,9-10,14,18H,4,8,12-13H2,1-3H3. The van der Waals surface area contributed by atoms with Crippen LogP contribution in [0.3, 0.4) is 0 Å². The summed E-state index contributed by atoms with van der Waals surface area (Å²) in [7, 11) is 2.15. The molecule has 1 N–H and O–H groups in total. The average molecular weight is 245 g/mol. The zero-order valence-corrected chi connectivity index (χ0v) is 11.6. The minimum Gasteiger partial charge on any atom is -0.384 e. The fourth-order valence-electron chi connectivity index (χ4n) is 1.98. The Morgan fingerprint density at radius 1 is 1.33 bits per heavy atom. The Hall–Kier alpha value is -1.30. The van der Waals surface area contributed by atoms with E-state index in [1.165, 1.54) is 18.4 Å². The summed E-state index contributed by atoms with van der Waals surface area (Å²) in [5, 5.41) is 8.77. The number of hydrogen-bond donors (Lipinski definition) is 1. The molecule has 0 spiro atoms. The van der Waals surface area contributed by atoms with E-state index < -0.39 is 0 Å². The van der Waals surface area contributed by atoms with E-state index in [0.29, 0.717) is 6.04 Å². The molecule has 0 aromatic heterocycles. The third kappa shape index (κ3) is 4.52. The molecular weight excluding hydrogens is 222 g/mol. The van der Waals surface area contributed by atoms with Crippen LogP contribution >= 0.6 is 0 Å². The normalized spacial score (nSPS) is 12.1. The highest BCUT2D eigenvalue weighted by atomic mass is 16.2. The van der Waals surface area contributed by atoms with Crippen LogP contribution < -0.4 is 0 Å². The van der Waals surface area contributed by atoms with Gasteiger partial charge in [0.1, 0.15) is 6.61 Å². The van der Waals surface area contributed by atoms with Gasteiger partial charge in [-0.1, -0.05) is 43.4 Å². The van der Waals surface area contributed by atoms with E-state index in [-0.39, 0.29) is 6.61 Å². The van der Waals surface area contributed by atoms with Crippen molar-refractivity contribution in [2.75, 3.05) is 13.7 Å². The number of hydrogen-bond acceptors (Lipinski definition) is 2. The summed E-state index contributed by atoms with van der Waals surface area (Å²) in [5.74, 6) is 5.73. The van der Waals surface area contributed by atoms with Gasteiger partial charge in [0.15, 0.2) is 0 Å². The van der Waals surface area contributed by atoms with Gasteiger partial charge in [-0.05, 0) is 32.0 Å². The summed E-state index contributed by atoms with van der Waals surface area (Å²) < 4.78 is 0. The maximum absolute atomic E-state index is 8.77. The summed E-state index contributed by atoms with van der Waals surface area (Å²) >= 11 is 0. The zero-order valence-electron chi connectivity index (χ0n) is 11.6. The summed E-state index contributed by atoms with van der Waals surface area (Å²) in [6.45, 7) is 5.28. The highest BCUT2D eigenvalue weighted by Gasteiger charge is 2.09. The minimum atomic E-state index is -0.0869. The maximum atomic E-state index is 8.77. The molecular formula is C16H23NO. The lowest BCUT2D eigenvalue weighted by atomic mass is 10.1. The van der Waals surface area contributed by atoms with Crippen LogP contribution in [0.2, 0.25) is 0 Å². The third-order valence-electron chi connectivity index (χ3n) is 3.20. The Morgan fingerprint density at radius 3 is 2.72 bits per heavy atom. The monoisotopic (exact) mass is 245 g/mol. The van der Waals surface area contributed by atoms with E-state index in [4.69, 9.17) is 5.11 Å². The van der Waals surface area contributed by atoms with Crippen molar-refractivity contribution in [3.05, 3.63) is 35.4 Å². The van der Waals surface area contributed by atoms with Crippen LogP contribution in [0.4, 0.5) is 0 Å². The van der Waals surface area contributed by atoms with Crippen molar-refractivity contribution < 1.29 is 5.11 Å². The van der Waals surface area contributed by atoms with Gasteiger partial charge in [-0.3, -0.25) is 4.90 Å². The van der Waals surface area contributed by atoms with Crippen LogP contribution in [-0.2, 0) is 6.54 Å². The number of aliphatic hydroxyl groups excluding tert-OH is 1. The molecule has 1 aromatic rings. The van der Waals surface area contributed by atoms with E-state index in [9.17, 15) is 0 Å². The Morgan fingerprint density at radius 2 is 2.06 bits per heavy atom. The highest BCUT2D eigenvalue weighted by molar-refractivity contribution is 5.41. The molecule has 18 heavy (non-hydrogen) atoms. The first-order chi connectivity index (χ1) is 8.69. The molecule has 0 saturated carbocycles. The quantitative estimate of drug-likeness (QED) is 0.806. The van der Waals surface area contributed by atoms with Crippen LogP contribution in [0.5, 0.6) is 0 Å². The van der Waals surface area contributed by atoms with Gasteiger partial charge in [0.05, 0.1) is 0 Å². The second-order valence-electron chi connectivity index (χ2n) is 4.67.